The molecule has 0 bridgehead atoms. The van der Waals surface area contributed by atoms with Crippen LogP contribution >= 0.6 is 0 Å². The molecule has 8 nitrogen and oxygen atoms in total. The number of anilines is 1. The van der Waals surface area contributed by atoms with Crippen LogP contribution in [0.1, 0.15) is 45.5 Å². The summed E-state index contributed by atoms with van der Waals surface area (Å²) >= 11 is 0. The molecule has 2 aromatic carbocycles. The summed E-state index contributed by atoms with van der Waals surface area (Å²) in [6.07, 6.45) is 1.01. The average molecular weight is 418 g/mol. The standard InChI is InChI=1S/C23H22N4O4/c24-23(14-4-2-1-3-5-14)10-11-26(13-23)15-6-7-16-17(12-15)22(31)27(21(16)30)18-8-9-19(28)25-20(18)29/h1-7,12,18H,8-11,13,24H2,(H,25,28,29). The number of hydrogen-bond acceptors (Lipinski definition) is 6. The van der Waals surface area contributed by atoms with E-state index in [0.29, 0.717) is 6.54 Å². The summed E-state index contributed by atoms with van der Waals surface area (Å²) in [5, 5.41) is 2.21. The van der Waals surface area contributed by atoms with Crippen molar-refractivity contribution in [3.05, 3.63) is 65.2 Å². The number of nitrogens with two attached hydrogens (primary N) is 1. The minimum atomic E-state index is -0.963. The van der Waals surface area contributed by atoms with Gasteiger partial charge >= 0.3 is 0 Å². The Morgan fingerprint density at radius 1 is 0.968 bits per heavy atom. The van der Waals surface area contributed by atoms with Gasteiger partial charge in [0, 0.05) is 25.2 Å². The Morgan fingerprint density at radius 3 is 2.45 bits per heavy atom. The highest BCUT2D eigenvalue weighted by molar-refractivity contribution is 6.23. The molecule has 158 valence electrons. The topological polar surface area (TPSA) is 113 Å². The number of hydrogen-bond donors (Lipinski definition) is 2. The molecule has 3 aliphatic rings. The lowest BCUT2D eigenvalue weighted by molar-refractivity contribution is -0.136. The van der Waals surface area contributed by atoms with Crippen LogP contribution in [-0.2, 0) is 15.1 Å². The molecule has 2 saturated heterocycles. The van der Waals surface area contributed by atoms with E-state index in [1.165, 1.54) is 0 Å². The molecule has 3 heterocycles. The SMILES string of the molecule is NC1(c2ccccc2)CCN(c2ccc3c(c2)C(=O)N(C2CCC(=O)NC2=O)C3=O)C1. The Balaban J connectivity index is 1.40. The van der Waals surface area contributed by atoms with Crippen molar-refractivity contribution in [2.45, 2.75) is 30.8 Å². The van der Waals surface area contributed by atoms with Crippen molar-refractivity contribution in [1.82, 2.24) is 10.2 Å². The zero-order valence-electron chi connectivity index (χ0n) is 16.8. The molecule has 5 rings (SSSR count). The monoisotopic (exact) mass is 418 g/mol. The normalized spacial score (nSPS) is 25.8. The van der Waals surface area contributed by atoms with Crippen LogP contribution in [-0.4, -0.2) is 47.7 Å². The number of imide groups is 2. The molecule has 2 atom stereocenters. The quantitative estimate of drug-likeness (QED) is 0.723. The van der Waals surface area contributed by atoms with Crippen LogP contribution in [0.3, 0.4) is 0 Å². The number of rotatable bonds is 3. The van der Waals surface area contributed by atoms with Crippen molar-refractivity contribution in [2.24, 2.45) is 5.73 Å². The molecule has 2 unspecified atom stereocenters. The number of benzene rings is 2. The fourth-order valence-electron chi connectivity index (χ4n) is 4.71. The minimum Gasteiger partial charge on any atom is -0.369 e. The van der Waals surface area contributed by atoms with Crippen LogP contribution in [0.5, 0.6) is 0 Å². The van der Waals surface area contributed by atoms with E-state index in [4.69, 9.17) is 5.73 Å². The van der Waals surface area contributed by atoms with E-state index in [1.54, 1.807) is 12.1 Å². The van der Waals surface area contributed by atoms with Crippen LogP contribution in [0.2, 0.25) is 0 Å². The number of nitrogens with zero attached hydrogens (tertiary/aromatic N) is 2. The van der Waals surface area contributed by atoms with Gasteiger partial charge in [0.15, 0.2) is 0 Å². The molecule has 0 radical (unpaired) electrons. The summed E-state index contributed by atoms with van der Waals surface area (Å²) in [5.41, 5.74) is 8.62. The molecule has 2 fully saturated rings. The summed E-state index contributed by atoms with van der Waals surface area (Å²) in [7, 11) is 0. The van der Waals surface area contributed by atoms with Crippen molar-refractivity contribution in [1.29, 1.82) is 0 Å². The molecular weight excluding hydrogens is 396 g/mol. The highest BCUT2D eigenvalue weighted by Gasteiger charge is 2.45. The summed E-state index contributed by atoms with van der Waals surface area (Å²) in [6, 6.07) is 14.1. The minimum absolute atomic E-state index is 0.0981. The summed E-state index contributed by atoms with van der Waals surface area (Å²) < 4.78 is 0. The summed E-state index contributed by atoms with van der Waals surface area (Å²) in [6.45, 7) is 1.32. The van der Waals surface area contributed by atoms with Crippen molar-refractivity contribution in [2.75, 3.05) is 18.0 Å². The van der Waals surface area contributed by atoms with Crippen molar-refractivity contribution >= 4 is 29.3 Å². The van der Waals surface area contributed by atoms with Gasteiger partial charge in [0.1, 0.15) is 6.04 Å². The molecule has 31 heavy (non-hydrogen) atoms. The number of nitrogens with one attached hydrogen (secondary N) is 1. The molecule has 0 aliphatic carbocycles. The van der Waals surface area contributed by atoms with Crippen LogP contribution in [0, 0.1) is 0 Å². The van der Waals surface area contributed by atoms with Crippen molar-refractivity contribution in [3.63, 3.8) is 0 Å². The third kappa shape index (κ3) is 3.11. The highest BCUT2D eigenvalue weighted by Crippen LogP contribution is 2.35. The second-order valence-corrected chi connectivity index (χ2v) is 8.37. The first-order valence-electron chi connectivity index (χ1n) is 10.3. The fourth-order valence-corrected chi connectivity index (χ4v) is 4.71. The van der Waals surface area contributed by atoms with Gasteiger partial charge in [0.25, 0.3) is 11.8 Å². The van der Waals surface area contributed by atoms with Gasteiger partial charge in [-0.15, -0.1) is 0 Å². The van der Waals surface area contributed by atoms with Crippen molar-refractivity contribution in [3.8, 4) is 0 Å². The lowest BCUT2D eigenvalue weighted by Gasteiger charge is -2.27. The van der Waals surface area contributed by atoms with Gasteiger partial charge in [-0.25, -0.2) is 0 Å². The number of carbonyl (C=O) groups excluding carboxylic acids is 4. The van der Waals surface area contributed by atoms with Gasteiger partial charge in [0.2, 0.25) is 11.8 Å². The molecule has 2 aromatic rings. The van der Waals surface area contributed by atoms with Gasteiger partial charge in [-0.3, -0.25) is 29.4 Å². The van der Waals surface area contributed by atoms with E-state index in [2.05, 4.69) is 10.2 Å². The predicted octanol–water partition coefficient (Wildman–Crippen LogP) is 1.15. The lowest BCUT2D eigenvalue weighted by atomic mass is 9.90. The first-order valence-corrected chi connectivity index (χ1v) is 10.3. The largest absolute Gasteiger partial charge is 0.369 e. The Bertz CT molecular complexity index is 1120. The van der Waals surface area contributed by atoms with E-state index in [9.17, 15) is 19.2 Å². The average Bonchev–Trinajstić information content (AvgIpc) is 3.28. The Labute approximate surface area is 179 Å². The first-order chi connectivity index (χ1) is 14.9. The van der Waals surface area contributed by atoms with Crippen LogP contribution in [0.15, 0.2) is 48.5 Å². The third-order valence-electron chi connectivity index (χ3n) is 6.44. The number of carbonyl (C=O) groups is 4. The van der Waals surface area contributed by atoms with E-state index in [1.807, 2.05) is 36.4 Å². The van der Waals surface area contributed by atoms with E-state index < -0.39 is 35.2 Å². The second-order valence-electron chi connectivity index (χ2n) is 8.37. The smallest absolute Gasteiger partial charge is 0.262 e. The van der Waals surface area contributed by atoms with E-state index in [-0.39, 0.29) is 24.0 Å². The fraction of sp³-hybridized carbons (Fsp3) is 0.304. The second kappa shape index (κ2) is 7.02. The van der Waals surface area contributed by atoms with Crippen molar-refractivity contribution < 1.29 is 19.2 Å². The highest BCUT2D eigenvalue weighted by atomic mass is 16.2. The van der Waals surface area contributed by atoms with Gasteiger partial charge in [-0.1, -0.05) is 30.3 Å². The maximum absolute atomic E-state index is 13.0. The summed E-state index contributed by atoms with van der Waals surface area (Å²) in [5.74, 6) is -2.00. The molecular formula is C23H22N4O4. The molecule has 0 spiro atoms. The maximum Gasteiger partial charge on any atom is 0.262 e. The number of piperidine rings is 1. The Morgan fingerprint density at radius 2 is 1.71 bits per heavy atom. The summed E-state index contributed by atoms with van der Waals surface area (Å²) in [4.78, 5) is 52.6. The van der Waals surface area contributed by atoms with Crippen LogP contribution in [0.25, 0.3) is 0 Å². The number of amides is 4. The van der Waals surface area contributed by atoms with E-state index in [0.717, 1.165) is 29.1 Å². The first kappa shape index (κ1) is 19.4. The number of fused-ring (bicyclic) bond motifs is 1. The van der Waals surface area contributed by atoms with E-state index >= 15 is 0 Å². The zero-order valence-corrected chi connectivity index (χ0v) is 16.8. The van der Waals surface area contributed by atoms with Gasteiger partial charge in [-0.2, -0.15) is 0 Å². The van der Waals surface area contributed by atoms with Gasteiger partial charge in [0.05, 0.1) is 16.7 Å². The molecule has 3 aliphatic heterocycles. The predicted molar refractivity (Wildman–Crippen MR) is 112 cm³/mol. The molecule has 0 aromatic heterocycles. The Kier molecular flexibility index (Phi) is 4.40. The molecule has 4 amide bonds. The lowest BCUT2D eigenvalue weighted by Crippen LogP contribution is -2.54. The third-order valence-corrected chi connectivity index (χ3v) is 6.44. The maximum atomic E-state index is 13.0. The molecule has 3 N–H and O–H groups in total. The van der Waals surface area contributed by atoms with Crippen LogP contribution < -0.4 is 16.0 Å². The molecule has 0 saturated carbocycles. The molecule has 8 heteroatoms. The van der Waals surface area contributed by atoms with Gasteiger partial charge < -0.3 is 10.6 Å². The van der Waals surface area contributed by atoms with Gasteiger partial charge in [-0.05, 0) is 36.6 Å². The zero-order chi connectivity index (χ0) is 21.8. The Hall–Kier alpha value is -3.52. The van der Waals surface area contributed by atoms with Crippen LogP contribution in [0.4, 0.5) is 5.69 Å².